The SMILES string of the molecule is CC(C)c1c(COC(N)=O)c2c(n1C)C(=O)C=C(N1CC1C)C2=O. The maximum Gasteiger partial charge on any atom is 0.404 e. The second-order valence-electron chi connectivity index (χ2n) is 6.63. The number of hydrogen-bond acceptors (Lipinski definition) is 5. The predicted molar refractivity (Wildman–Crippen MR) is 86.8 cm³/mol. The van der Waals surface area contributed by atoms with E-state index in [0.717, 1.165) is 12.2 Å². The van der Waals surface area contributed by atoms with Gasteiger partial charge in [0, 0.05) is 37.0 Å². The minimum atomic E-state index is -0.910. The lowest BCUT2D eigenvalue weighted by atomic mass is 9.93. The number of carbonyl (C=O) groups is 3. The molecule has 1 atom stereocenters. The van der Waals surface area contributed by atoms with E-state index >= 15 is 0 Å². The molecule has 1 aliphatic heterocycles. The molecule has 2 heterocycles. The number of ketones is 2. The van der Waals surface area contributed by atoms with Crippen molar-refractivity contribution in [2.75, 3.05) is 6.54 Å². The number of nitrogens with zero attached hydrogens (tertiary/aromatic N) is 2. The van der Waals surface area contributed by atoms with Crippen LogP contribution in [0.5, 0.6) is 0 Å². The molecule has 3 rings (SSSR count). The molecule has 1 saturated heterocycles. The summed E-state index contributed by atoms with van der Waals surface area (Å²) in [5.41, 5.74) is 7.55. The number of primary amides is 1. The third-order valence-electron chi connectivity index (χ3n) is 4.58. The van der Waals surface area contributed by atoms with Crippen molar-refractivity contribution in [2.24, 2.45) is 12.8 Å². The molecule has 128 valence electrons. The summed E-state index contributed by atoms with van der Waals surface area (Å²) < 4.78 is 6.68. The summed E-state index contributed by atoms with van der Waals surface area (Å²) in [6, 6.07) is 0.258. The van der Waals surface area contributed by atoms with Gasteiger partial charge in [-0.2, -0.15) is 0 Å². The third-order valence-corrected chi connectivity index (χ3v) is 4.58. The molecule has 2 N–H and O–H groups in total. The van der Waals surface area contributed by atoms with E-state index in [1.165, 1.54) is 6.08 Å². The fraction of sp³-hybridized carbons (Fsp3) is 0.471. The van der Waals surface area contributed by atoms with Crippen molar-refractivity contribution in [3.63, 3.8) is 0 Å². The van der Waals surface area contributed by atoms with Crippen LogP contribution in [0.15, 0.2) is 11.8 Å². The molecule has 1 aliphatic carbocycles. The molecule has 24 heavy (non-hydrogen) atoms. The molecule has 7 nitrogen and oxygen atoms in total. The van der Waals surface area contributed by atoms with Gasteiger partial charge in [0.2, 0.25) is 11.6 Å². The average molecular weight is 331 g/mol. The highest BCUT2D eigenvalue weighted by Crippen LogP contribution is 2.37. The van der Waals surface area contributed by atoms with Crippen molar-refractivity contribution in [1.82, 2.24) is 9.47 Å². The van der Waals surface area contributed by atoms with Crippen LogP contribution in [0.3, 0.4) is 0 Å². The number of rotatable bonds is 4. The Morgan fingerprint density at radius 1 is 1.42 bits per heavy atom. The lowest BCUT2D eigenvalue weighted by Gasteiger charge is -2.16. The fourth-order valence-corrected chi connectivity index (χ4v) is 3.49. The first-order valence-corrected chi connectivity index (χ1v) is 7.95. The Kier molecular flexibility index (Phi) is 3.74. The standard InChI is InChI=1S/C17H21N3O4/c1-8(2)14-10(7-24-17(18)23)13-15(19(14)4)12(21)5-11(16(13)22)20-6-9(20)3/h5,8-9H,6-7H2,1-4H3,(H2,18,23). The van der Waals surface area contributed by atoms with E-state index in [1.807, 2.05) is 25.7 Å². The summed E-state index contributed by atoms with van der Waals surface area (Å²) >= 11 is 0. The van der Waals surface area contributed by atoms with Crippen LogP contribution in [0.1, 0.15) is 58.8 Å². The number of aromatic nitrogens is 1. The van der Waals surface area contributed by atoms with Gasteiger partial charge in [0.05, 0.1) is 11.3 Å². The molecule has 7 heteroatoms. The van der Waals surface area contributed by atoms with Crippen molar-refractivity contribution >= 4 is 17.7 Å². The van der Waals surface area contributed by atoms with E-state index < -0.39 is 6.09 Å². The molecular weight excluding hydrogens is 310 g/mol. The molecule has 0 aromatic carbocycles. The number of hydrogen-bond donors (Lipinski definition) is 1. The van der Waals surface area contributed by atoms with Gasteiger partial charge in [0.1, 0.15) is 12.3 Å². The number of carbonyl (C=O) groups excluding carboxylic acids is 3. The monoisotopic (exact) mass is 331 g/mol. The van der Waals surface area contributed by atoms with Crippen LogP contribution < -0.4 is 5.73 Å². The molecule has 0 bridgehead atoms. The van der Waals surface area contributed by atoms with Crippen molar-refractivity contribution in [2.45, 2.75) is 39.3 Å². The topological polar surface area (TPSA) is 94.4 Å². The number of Topliss-reactive ketones (excluding diaryl/α,β-unsaturated/α-hetero) is 1. The van der Waals surface area contributed by atoms with Crippen molar-refractivity contribution in [3.05, 3.63) is 34.3 Å². The van der Waals surface area contributed by atoms with Gasteiger partial charge >= 0.3 is 6.09 Å². The van der Waals surface area contributed by atoms with E-state index in [-0.39, 0.29) is 30.1 Å². The second-order valence-corrected chi connectivity index (χ2v) is 6.63. The van der Waals surface area contributed by atoms with Crippen LogP contribution in [-0.2, 0) is 18.4 Å². The van der Waals surface area contributed by atoms with Crippen molar-refractivity contribution in [1.29, 1.82) is 0 Å². The molecule has 1 amide bonds. The molecule has 0 saturated carbocycles. The van der Waals surface area contributed by atoms with Gasteiger partial charge in [-0.3, -0.25) is 9.59 Å². The normalized spacial score (nSPS) is 19.5. The number of amides is 1. The van der Waals surface area contributed by atoms with Gasteiger partial charge in [-0.05, 0) is 12.8 Å². The smallest absolute Gasteiger partial charge is 0.404 e. The highest BCUT2D eigenvalue weighted by Gasteiger charge is 2.42. The molecule has 2 aliphatic rings. The van der Waals surface area contributed by atoms with E-state index in [2.05, 4.69) is 0 Å². The molecule has 1 aromatic rings. The van der Waals surface area contributed by atoms with Gasteiger partial charge in [-0.1, -0.05) is 13.8 Å². The molecule has 1 unspecified atom stereocenters. The first-order chi connectivity index (χ1) is 11.2. The van der Waals surface area contributed by atoms with Gasteiger partial charge in [0.15, 0.2) is 0 Å². The molecule has 0 spiro atoms. The van der Waals surface area contributed by atoms with Gasteiger partial charge in [-0.15, -0.1) is 0 Å². The zero-order valence-corrected chi connectivity index (χ0v) is 14.3. The Balaban J connectivity index is 2.14. The number of allylic oxidation sites excluding steroid dienone is 2. The quantitative estimate of drug-likeness (QED) is 0.848. The second kappa shape index (κ2) is 5.51. The van der Waals surface area contributed by atoms with Crippen LogP contribution in [0.4, 0.5) is 4.79 Å². The summed E-state index contributed by atoms with van der Waals surface area (Å²) in [7, 11) is 1.76. The van der Waals surface area contributed by atoms with E-state index in [0.29, 0.717) is 22.5 Å². The number of nitrogens with two attached hydrogens (primary N) is 1. The lowest BCUT2D eigenvalue weighted by Crippen LogP contribution is -2.23. The molecule has 1 aromatic heterocycles. The fourth-order valence-electron chi connectivity index (χ4n) is 3.49. The summed E-state index contributed by atoms with van der Waals surface area (Å²) in [6.45, 7) is 6.56. The van der Waals surface area contributed by atoms with Crippen LogP contribution in [0.25, 0.3) is 0 Å². The predicted octanol–water partition coefficient (Wildman–Crippen LogP) is 1.71. The van der Waals surface area contributed by atoms with Gasteiger partial charge in [0.25, 0.3) is 0 Å². The highest BCUT2D eigenvalue weighted by atomic mass is 16.5. The van der Waals surface area contributed by atoms with E-state index in [1.54, 1.807) is 11.6 Å². The third kappa shape index (κ3) is 2.40. The highest BCUT2D eigenvalue weighted by molar-refractivity contribution is 6.24. The molecular formula is C17H21N3O4. The summed E-state index contributed by atoms with van der Waals surface area (Å²) in [4.78, 5) is 38.5. The Bertz CT molecular complexity index is 788. The Morgan fingerprint density at radius 3 is 2.54 bits per heavy atom. The van der Waals surface area contributed by atoms with E-state index in [4.69, 9.17) is 10.5 Å². The van der Waals surface area contributed by atoms with Crippen molar-refractivity contribution in [3.8, 4) is 0 Å². The summed E-state index contributed by atoms with van der Waals surface area (Å²) in [5, 5.41) is 0. The summed E-state index contributed by atoms with van der Waals surface area (Å²) in [6.07, 6.45) is 0.504. The van der Waals surface area contributed by atoms with Crippen LogP contribution in [0.2, 0.25) is 0 Å². The number of fused-ring (bicyclic) bond motifs is 1. The van der Waals surface area contributed by atoms with Crippen LogP contribution in [0, 0.1) is 0 Å². The van der Waals surface area contributed by atoms with Crippen molar-refractivity contribution < 1.29 is 19.1 Å². The first kappa shape index (κ1) is 16.3. The average Bonchev–Trinajstić information content (AvgIpc) is 3.11. The lowest BCUT2D eigenvalue weighted by molar-refractivity contribution is 0.0962. The number of ether oxygens (including phenoxy) is 1. The Morgan fingerprint density at radius 2 is 2.04 bits per heavy atom. The summed E-state index contributed by atoms with van der Waals surface area (Å²) in [5.74, 6) is -0.343. The van der Waals surface area contributed by atoms with Crippen LogP contribution in [-0.4, -0.2) is 39.7 Å². The first-order valence-electron chi connectivity index (χ1n) is 7.95. The van der Waals surface area contributed by atoms with Gasteiger partial charge < -0.3 is 19.9 Å². The maximum atomic E-state index is 13.0. The minimum Gasteiger partial charge on any atom is -0.445 e. The minimum absolute atomic E-state index is 0.0521. The maximum absolute atomic E-state index is 13.0. The molecule has 1 fully saturated rings. The Labute approximate surface area is 140 Å². The Hall–Kier alpha value is -2.57. The largest absolute Gasteiger partial charge is 0.445 e. The van der Waals surface area contributed by atoms with E-state index in [9.17, 15) is 14.4 Å². The zero-order valence-electron chi connectivity index (χ0n) is 14.3. The molecule has 0 radical (unpaired) electrons. The van der Waals surface area contributed by atoms with Crippen LogP contribution >= 0.6 is 0 Å². The zero-order chi connectivity index (χ0) is 17.8. The van der Waals surface area contributed by atoms with Gasteiger partial charge in [-0.25, -0.2) is 4.79 Å².